The summed E-state index contributed by atoms with van der Waals surface area (Å²) in [6.07, 6.45) is 5.01. The molecule has 0 aromatic heterocycles. The fourth-order valence-corrected chi connectivity index (χ4v) is 1.93. The second kappa shape index (κ2) is 5.98. The molecule has 0 aromatic rings. The summed E-state index contributed by atoms with van der Waals surface area (Å²) in [6.45, 7) is 0.566. The smallest absolute Gasteiger partial charge is 0.304 e. The van der Waals surface area contributed by atoms with Crippen LogP contribution < -0.4 is 5.32 Å². The molecule has 82 valence electrons. The molecule has 0 aliphatic heterocycles. The van der Waals surface area contributed by atoms with Gasteiger partial charge < -0.3 is 15.2 Å². The molecule has 0 aromatic carbocycles. The Morgan fingerprint density at radius 3 is 3.00 bits per heavy atom. The van der Waals surface area contributed by atoms with Crippen molar-refractivity contribution in [3.8, 4) is 0 Å². The van der Waals surface area contributed by atoms with Gasteiger partial charge in [0.05, 0.1) is 12.5 Å². The lowest BCUT2D eigenvalue weighted by molar-refractivity contribution is -0.136. The van der Waals surface area contributed by atoms with Crippen molar-refractivity contribution in [3.05, 3.63) is 0 Å². The highest BCUT2D eigenvalue weighted by molar-refractivity contribution is 5.66. The van der Waals surface area contributed by atoms with E-state index in [4.69, 9.17) is 9.84 Å². The van der Waals surface area contributed by atoms with E-state index in [1.165, 1.54) is 6.42 Å². The predicted octanol–water partition coefficient (Wildman–Crippen LogP) is 1.01. The van der Waals surface area contributed by atoms with Crippen molar-refractivity contribution in [2.45, 2.75) is 44.2 Å². The van der Waals surface area contributed by atoms with E-state index in [1.54, 1.807) is 7.11 Å². The number of hydrogen-bond acceptors (Lipinski definition) is 3. The van der Waals surface area contributed by atoms with E-state index in [2.05, 4.69) is 5.32 Å². The summed E-state index contributed by atoms with van der Waals surface area (Å²) in [6, 6.07) is 0.438. The third-order valence-corrected chi connectivity index (χ3v) is 2.73. The highest BCUT2D eigenvalue weighted by Gasteiger charge is 2.20. The zero-order valence-corrected chi connectivity index (χ0v) is 8.66. The third-order valence-electron chi connectivity index (χ3n) is 2.73. The van der Waals surface area contributed by atoms with E-state index in [0.717, 1.165) is 19.3 Å². The molecule has 0 bridgehead atoms. The van der Waals surface area contributed by atoms with Crippen molar-refractivity contribution in [1.29, 1.82) is 0 Å². The summed E-state index contributed by atoms with van der Waals surface area (Å²) in [5, 5.41) is 11.7. The Bertz CT molecular complexity index is 184. The summed E-state index contributed by atoms with van der Waals surface area (Å²) < 4.78 is 5.29. The van der Waals surface area contributed by atoms with E-state index in [0.29, 0.717) is 18.7 Å². The number of nitrogens with one attached hydrogen (secondary N) is 1. The van der Waals surface area contributed by atoms with Crippen molar-refractivity contribution in [3.63, 3.8) is 0 Å². The third kappa shape index (κ3) is 4.07. The van der Waals surface area contributed by atoms with Crippen LogP contribution in [-0.2, 0) is 9.53 Å². The zero-order valence-electron chi connectivity index (χ0n) is 8.66. The standard InChI is InChI=1S/C10H19NO3/c1-14-9-4-2-3-8(7-9)11-6-5-10(12)13/h8-9,11H,2-7H2,1H3,(H,12,13). The first-order valence-corrected chi connectivity index (χ1v) is 5.20. The molecule has 4 nitrogen and oxygen atoms in total. The van der Waals surface area contributed by atoms with E-state index < -0.39 is 5.97 Å². The number of carbonyl (C=O) groups is 1. The molecule has 0 heterocycles. The molecule has 1 aliphatic carbocycles. The molecule has 2 N–H and O–H groups in total. The summed E-state index contributed by atoms with van der Waals surface area (Å²) in [5.74, 6) is -0.739. The number of carboxylic acids is 1. The fraction of sp³-hybridized carbons (Fsp3) is 0.900. The minimum Gasteiger partial charge on any atom is -0.481 e. The van der Waals surface area contributed by atoms with Crippen LogP contribution >= 0.6 is 0 Å². The van der Waals surface area contributed by atoms with Gasteiger partial charge in [-0.1, -0.05) is 0 Å². The first-order chi connectivity index (χ1) is 6.72. The quantitative estimate of drug-likeness (QED) is 0.697. The number of aliphatic carboxylic acids is 1. The molecule has 0 radical (unpaired) electrons. The number of carboxylic acid groups (broad SMARTS) is 1. The maximum Gasteiger partial charge on any atom is 0.304 e. The Labute approximate surface area is 84.6 Å². The topological polar surface area (TPSA) is 58.6 Å². The molecule has 1 saturated carbocycles. The average molecular weight is 201 g/mol. The van der Waals surface area contributed by atoms with Gasteiger partial charge in [0.1, 0.15) is 0 Å². The van der Waals surface area contributed by atoms with E-state index >= 15 is 0 Å². The number of methoxy groups -OCH3 is 1. The molecule has 2 unspecified atom stereocenters. The minimum absolute atomic E-state index is 0.203. The van der Waals surface area contributed by atoms with Gasteiger partial charge in [0.2, 0.25) is 0 Å². The average Bonchev–Trinajstić information content (AvgIpc) is 2.18. The van der Waals surface area contributed by atoms with E-state index in [9.17, 15) is 4.79 Å². The fourth-order valence-electron chi connectivity index (χ4n) is 1.93. The van der Waals surface area contributed by atoms with Crippen LogP contribution in [0.15, 0.2) is 0 Å². The monoisotopic (exact) mass is 201 g/mol. The Hall–Kier alpha value is -0.610. The lowest BCUT2D eigenvalue weighted by atomic mass is 9.93. The van der Waals surface area contributed by atoms with Crippen molar-refractivity contribution in [2.75, 3.05) is 13.7 Å². The Balaban J connectivity index is 2.14. The summed E-state index contributed by atoms with van der Waals surface area (Å²) >= 11 is 0. The van der Waals surface area contributed by atoms with Crippen molar-refractivity contribution in [2.24, 2.45) is 0 Å². The Morgan fingerprint density at radius 2 is 2.36 bits per heavy atom. The second-order valence-corrected chi connectivity index (χ2v) is 3.82. The van der Waals surface area contributed by atoms with Gasteiger partial charge >= 0.3 is 5.97 Å². The van der Waals surface area contributed by atoms with E-state index in [1.807, 2.05) is 0 Å². The van der Waals surface area contributed by atoms with Crippen LogP contribution in [0.5, 0.6) is 0 Å². The lowest BCUT2D eigenvalue weighted by Gasteiger charge is -2.28. The van der Waals surface area contributed by atoms with Gasteiger partial charge in [-0.25, -0.2) is 0 Å². The Kier molecular flexibility index (Phi) is 4.90. The first kappa shape index (κ1) is 11.5. The second-order valence-electron chi connectivity index (χ2n) is 3.82. The zero-order chi connectivity index (χ0) is 10.4. The van der Waals surface area contributed by atoms with Gasteiger partial charge in [-0.05, 0) is 25.7 Å². The van der Waals surface area contributed by atoms with Crippen LogP contribution in [0.25, 0.3) is 0 Å². The van der Waals surface area contributed by atoms with Gasteiger partial charge in [-0.3, -0.25) is 4.79 Å². The van der Waals surface area contributed by atoms with Gasteiger partial charge in [0, 0.05) is 19.7 Å². The maximum absolute atomic E-state index is 10.3. The molecule has 0 saturated heterocycles. The van der Waals surface area contributed by atoms with E-state index in [-0.39, 0.29) is 6.42 Å². The summed E-state index contributed by atoms with van der Waals surface area (Å²) in [5.41, 5.74) is 0. The van der Waals surface area contributed by atoms with Crippen LogP contribution in [0.4, 0.5) is 0 Å². The number of ether oxygens (including phenoxy) is 1. The molecular formula is C10H19NO3. The number of rotatable bonds is 5. The van der Waals surface area contributed by atoms with Crippen LogP contribution in [0.2, 0.25) is 0 Å². The molecule has 14 heavy (non-hydrogen) atoms. The van der Waals surface area contributed by atoms with Gasteiger partial charge in [0.25, 0.3) is 0 Å². The first-order valence-electron chi connectivity index (χ1n) is 5.20. The maximum atomic E-state index is 10.3. The summed E-state index contributed by atoms with van der Waals surface area (Å²) in [7, 11) is 1.74. The van der Waals surface area contributed by atoms with Crippen molar-refractivity contribution in [1.82, 2.24) is 5.32 Å². The predicted molar refractivity (Wildman–Crippen MR) is 53.3 cm³/mol. The van der Waals surface area contributed by atoms with Crippen LogP contribution in [0, 0.1) is 0 Å². The van der Waals surface area contributed by atoms with Crippen molar-refractivity contribution >= 4 is 5.97 Å². The molecular weight excluding hydrogens is 182 g/mol. The normalized spacial score (nSPS) is 27.5. The van der Waals surface area contributed by atoms with Crippen LogP contribution in [0.3, 0.4) is 0 Å². The lowest BCUT2D eigenvalue weighted by Crippen LogP contribution is -2.37. The molecule has 0 amide bonds. The molecule has 2 atom stereocenters. The minimum atomic E-state index is -0.739. The van der Waals surface area contributed by atoms with Crippen LogP contribution in [-0.4, -0.2) is 36.9 Å². The van der Waals surface area contributed by atoms with Gasteiger partial charge in [-0.2, -0.15) is 0 Å². The Morgan fingerprint density at radius 1 is 1.57 bits per heavy atom. The highest BCUT2D eigenvalue weighted by atomic mass is 16.5. The highest BCUT2D eigenvalue weighted by Crippen LogP contribution is 2.20. The van der Waals surface area contributed by atoms with Crippen LogP contribution in [0.1, 0.15) is 32.1 Å². The van der Waals surface area contributed by atoms with Crippen molar-refractivity contribution < 1.29 is 14.6 Å². The molecule has 1 rings (SSSR count). The number of hydrogen-bond donors (Lipinski definition) is 2. The van der Waals surface area contributed by atoms with Gasteiger partial charge in [0.15, 0.2) is 0 Å². The molecule has 0 spiro atoms. The molecule has 4 heteroatoms. The van der Waals surface area contributed by atoms with Gasteiger partial charge in [-0.15, -0.1) is 0 Å². The molecule has 1 fully saturated rings. The summed E-state index contributed by atoms with van der Waals surface area (Å²) in [4.78, 5) is 10.3. The molecule has 1 aliphatic rings. The SMILES string of the molecule is COC1CCCC(NCCC(=O)O)C1. The largest absolute Gasteiger partial charge is 0.481 e.